The van der Waals surface area contributed by atoms with Gasteiger partial charge in [-0.1, -0.05) is 6.08 Å². The molecule has 0 saturated heterocycles. The quantitative estimate of drug-likeness (QED) is 0.436. The van der Waals surface area contributed by atoms with Crippen molar-refractivity contribution in [2.45, 2.75) is 12.1 Å². The van der Waals surface area contributed by atoms with Crippen LogP contribution in [0.1, 0.15) is 0 Å². The molecule has 1 aliphatic rings. The number of amides is 1. The Kier molecular flexibility index (Phi) is 3.97. The highest BCUT2D eigenvalue weighted by atomic mass is 32.1. The summed E-state index contributed by atoms with van der Waals surface area (Å²) >= 11 is 3.82. The summed E-state index contributed by atoms with van der Waals surface area (Å²) in [4.78, 5) is 21.9. The first-order valence-corrected chi connectivity index (χ1v) is 4.70. The largest absolute Gasteiger partial charge is 0.480 e. The lowest BCUT2D eigenvalue weighted by atomic mass is 10.3. The van der Waals surface area contributed by atoms with E-state index in [4.69, 9.17) is 9.84 Å². The second-order valence-corrected chi connectivity index (χ2v) is 3.13. The van der Waals surface area contributed by atoms with Crippen molar-refractivity contribution in [3.63, 3.8) is 0 Å². The fraction of sp³-hybridized carbons (Fsp3) is 0.500. The maximum absolute atomic E-state index is 11.3. The van der Waals surface area contributed by atoms with Crippen molar-refractivity contribution < 1.29 is 19.4 Å². The van der Waals surface area contributed by atoms with Gasteiger partial charge in [0, 0.05) is 5.75 Å². The highest BCUT2D eigenvalue weighted by Crippen LogP contribution is 2.03. The van der Waals surface area contributed by atoms with Gasteiger partial charge < -0.3 is 15.2 Å². The van der Waals surface area contributed by atoms with E-state index in [2.05, 4.69) is 17.9 Å². The summed E-state index contributed by atoms with van der Waals surface area (Å²) < 4.78 is 5.00. The molecule has 0 aromatic heterocycles. The zero-order chi connectivity index (χ0) is 10.6. The molecule has 1 amide bonds. The predicted molar refractivity (Wildman–Crippen MR) is 52.3 cm³/mol. The third-order valence-electron chi connectivity index (χ3n) is 1.74. The molecule has 0 aromatic rings. The monoisotopic (exact) mass is 217 g/mol. The molecule has 14 heavy (non-hydrogen) atoms. The molecule has 5 nitrogen and oxygen atoms in total. The van der Waals surface area contributed by atoms with E-state index in [-0.39, 0.29) is 5.75 Å². The molecule has 2 atom stereocenters. The van der Waals surface area contributed by atoms with Crippen LogP contribution >= 0.6 is 12.6 Å². The lowest BCUT2D eigenvalue weighted by Crippen LogP contribution is -2.46. The minimum absolute atomic E-state index is 0.0531. The molecule has 1 rings (SSSR count). The van der Waals surface area contributed by atoms with Crippen LogP contribution in [0.2, 0.25) is 0 Å². The minimum atomic E-state index is -1.10. The SMILES string of the molecule is O=C(O)C(CS)NC(=O)C1C=CCO1. The van der Waals surface area contributed by atoms with E-state index in [0.717, 1.165) is 0 Å². The van der Waals surface area contributed by atoms with Crippen LogP contribution in [0.25, 0.3) is 0 Å². The molecule has 0 spiro atoms. The molecule has 0 bridgehead atoms. The first-order chi connectivity index (χ1) is 6.65. The fourth-order valence-electron chi connectivity index (χ4n) is 0.996. The van der Waals surface area contributed by atoms with E-state index in [0.29, 0.717) is 6.61 Å². The molecule has 2 unspecified atom stereocenters. The molecule has 6 heteroatoms. The Labute approximate surface area is 86.5 Å². The van der Waals surface area contributed by atoms with Crippen LogP contribution < -0.4 is 5.32 Å². The van der Waals surface area contributed by atoms with Crippen LogP contribution in [0.4, 0.5) is 0 Å². The van der Waals surface area contributed by atoms with Gasteiger partial charge >= 0.3 is 5.97 Å². The first kappa shape index (κ1) is 11.1. The van der Waals surface area contributed by atoms with Gasteiger partial charge in [0.05, 0.1) is 6.61 Å². The van der Waals surface area contributed by atoms with Gasteiger partial charge in [-0.15, -0.1) is 0 Å². The zero-order valence-corrected chi connectivity index (χ0v) is 8.24. The molecular formula is C8H11NO4S. The zero-order valence-electron chi connectivity index (χ0n) is 7.34. The van der Waals surface area contributed by atoms with Crippen LogP contribution in [0.5, 0.6) is 0 Å². The van der Waals surface area contributed by atoms with Crippen LogP contribution in [-0.2, 0) is 14.3 Å². The number of carbonyl (C=O) groups excluding carboxylic acids is 1. The molecule has 78 valence electrons. The number of aliphatic carboxylic acids is 1. The summed E-state index contributed by atoms with van der Waals surface area (Å²) in [7, 11) is 0. The molecule has 1 aliphatic heterocycles. The van der Waals surface area contributed by atoms with Crippen LogP contribution in [-0.4, -0.2) is 41.5 Å². The summed E-state index contributed by atoms with van der Waals surface area (Å²) in [5, 5.41) is 11.0. The average Bonchev–Trinajstić information content (AvgIpc) is 2.65. The number of carboxylic acids is 1. The Morgan fingerprint density at radius 3 is 2.86 bits per heavy atom. The van der Waals surface area contributed by atoms with Crippen LogP contribution in [0.15, 0.2) is 12.2 Å². The molecular weight excluding hydrogens is 206 g/mol. The normalized spacial score (nSPS) is 21.9. The molecule has 0 aromatic carbocycles. The standard InChI is InChI=1S/C8H11NO4S/c10-7(6-2-1-3-13-6)9-5(4-14)8(11)12/h1-2,5-6,14H,3-4H2,(H,9,10)(H,11,12). The first-order valence-electron chi connectivity index (χ1n) is 4.07. The number of nitrogens with one attached hydrogen (secondary N) is 1. The van der Waals surface area contributed by atoms with Gasteiger partial charge in [-0.05, 0) is 6.08 Å². The number of hydrogen-bond acceptors (Lipinski definition) is 4. The summed E-state index contributed by atoms with van der Waals surface area (Å²) in [6.07, 6.45) is 2.63. The van der Waals surface area contributed by atoms with Crippen molar-refractivity contribution >= 4 is 24.5 Å². The van der Waals surface area contributed by atoms with Gasteiger partial charge in [0.25, 0.3) is 5.91 Å². The van der Waals surface area contributed by atoms with E-state index in [1.54, 1.807) is 12.2 Å². The van der Waals surface area contributed by atoms with Gasteiger partial charge in [-0.2, -0.15) is 12.6 Å². The number of thiol groups is 1. The Hall–Kier alpha value is -1.01. The van der Waals surface area contributed by atoms with E-state index < -0.39 is 24.0 Å². The van der Waals surface area contributed by atoms with E-state index in [1.807, 2.05) is 0 Å². The van der Waals surface area contributed by atoms with Crippen molar-refractivity contribution in [3.05, 3.63) is 12.2 Å². The van der Waals surface area contributed by atoms with E-state index in [1.165, 1.54) is 0 Å². The minimum Gasteiger partial charge on any atom is -0.480 e. The molecule has 0 fully saturated rings. The number of ether oxygens (including phenoxy) is 1. The second kappa shape index (κ2) is 5.02. The maximum atomic E-state index is 11.3. The van der Waals surface area contributed by atoms with Crippen LogP contribution in [0.3, 0.4) is 0 Å². The number of rotatable bonds is 4. The summed E-state index contributed by atoms with van der Waals surface area (Å²) in [6, 6.07) is -0.969. The van der Waals surface area contributed by atoms with Crippen molar-refractivity contribution in [1.82, 2.24) is 5.32 Å². The fourth-order valence-corrected chi connectivity index (χ4v) is 1.24. The Morgan fingerprint density at radius 2 is 2.43 bits per heavy atom. The third-order valence-corrected chi connectivity index (χ3v) is 2.10. The van der Waals surface area contributed by atoms with Crippen molar-refractivity contribution in [3.8, 4) is 0 Å². The Balaban J connectivity index is 2.45. The van der Waals surface area contributed by atoms with Crippen molar-refractivity contribution in [1.29, 1.82) is 0 Å². The van der Waals surface area contributed by atoms with Gasteiger partial charge in [-0.3, -0.25) is 4.79 Å². The van der Waals surface area contributed by atoms with Gasteiger partial charge in [0.15, 0.2) is 6.10 Å². The van der Waals surface area contributed by atoms with Gasteiger partial charge in [0.2, 0.25) is 0 Å². The van der Waals surface area contributed by atoms with Crippen molar-refractivity contribution in [2.75, 3.05) is 12.4 Å². The highest BCUT2D eigenvalue weighted by Gasteiger charge is 2.24. The summed E-state index contributed by atoms with van der Waals surface area (Å²) in [5.41, 5.74) is 0. The third kappa shape index (κ3) is 2.74. The van der Waals surface area contributed by atoms with Gasteiger partial charge in [0.1, 0.15) is 6.04 Å². The topological polar surface area (TPSA) is 75.6 Å². The lowest BCUT2D eigenvalue weighted by Gasteiger charge is -2.14. The lowest BCUT2D eigenvalue weighted by molar-refractivity contribution is -0.142. The maximum Gasteiger partial charge on any atom is 0.327 e. The number of hydrogen-bond donors (Lipinski definition) is 3. The predicted octanol–water partition coefficient (Wildman–Crippen LogP) is -0.559. The second-order valence-electron chi connectivity index (χ2n) is 2.76. The van der Waals surface area contributed by atoms with E-state index in [9.17, 15) is 9.59 Å². The Bertz CT molecular complexity index is 266. The molecule has 0 saturated carbocycles. The van der Waals surface area contributed by atoms with Gasteiger partial charge in [-0.25, -0.2) is 4.79 Å². The molecule has 1 heterocycles. The smallest absolute Gasteiger partial charge is 0.327 e. The summed E-state index contributed by atoms with van der Waals surface area (Å²) in [5.74, 6) is -1.49. The highest BCUT2D eigenvalue weighted by molar-refractivity contribution is 7.80. The molecule has 0 radical (unpaired) electrons. The summed E-state index contributed by atoms with van der Waals surface area (Å²) in [6.45, 7) is 0.386. The van der Waals surface area contributed by atoms with E-state index >= 15 is 0 Å². The van der Waals surface area contributed by atoms with Crippen molar-refractivity contribution in [2.24, 2.45) is 0 Å². The Morgan fingerprint density at radius 1 is 1.71 bits per heavy atom. The molecule has 2 N–H and O–H groups in total. The van der Waals surface area contributed by atoms with Crippen LogP contribution in [0, 0.1) is 0 Å². The number of carboxylic acid groups (broad SMARTS) is 1. The average molecular weight is 217 g/mol. The molecule has 0 aliphatic carbocycles. The number of carbonyl (C=O) groups is 2.